The Balaban J connectivity index is 1.39. The van der Waals surface area contributed by atoms with Crippen LogP contribution in [0.2, 0.25) is 0 Å². The number of rotatable bonds is 1. The van der Waals surface area contributed by atoms with Gasteiger partial charge in [0.15, 0.2) is 5.82 Å². The first kappa shape index (κ1) is 14.4. The van der Waals surface area contributed by atoms with Crippen molar-refractivity contribution in [3.05, 3.63) is 46.4 Å². The van der Waals surface area contributed by atoms with Gasteiger partial charge < -0.3 is 14.6 Å². The van der Waals surface area contributed by atoms with Crippen molar-refractivity contribution in [3.8, 4) is 0 Å². The second kappa shape index (κ2) is 5.03. The highest BCUT2D eigenvalue weighted by Gasteiger charge is 2.44. The molecule has 9 nitrogen and oxygen atoms in total. The lowest BCUT2D eigenvalue weighted by Gasteiger charge is -2.33. The summed E-state index contributed by atoms with van der Waals surface area (Å²) in [6, 6.07) is 5.44. The number of likely N-dealkylation sites (tertiary alicyclic amines) is 1. The van der Waals surface area contributed by atoms with E-state index in [9.17, 15) is 9.59 Å². The van der Waals surface area contributed by atoms with Crippen LogP contribution in [-0.4, -0.2) is 54.2 Å². The molecular formula is C16H16N6O3. The van der Waals surface area contributed by atoms with Crippen molar-refractivity contribution in [1.29, 1.82) is 0 Å². The highest BCUT2D eigenvalue weighted by Crippen LogP contribution is 2.32. The van der Waals surface area contributed by atoms with Gasteiger partial charge in [-0.3, -0.25) is 9.36 Å². The van der Waals surface area contributed by atoms with Crippen LogP contribution < -0.4 is 5.69 Å². The predicted molar refractivity (Wildman–Crippen MR) is 87.0 cm³/mol. The third-order valence-electron chi connectivity index (χ3n) is 5.06. The maximum absolute atomic E-state index is 12.9. The van der Waals surface area contributed by atoms with Crippen molar-refractivity contribution in [2.45, 2.75) is 25.2 Å². The SMILES string of the molecule is O=C(c1ccc2nc[nH]c2c1)N1CCC2(C1)Cn1c(n[nH]c1=O)CO2. The number of hydrogen-bond acceptors (Lipinski definition) is 5. The summed E-state index contributed by atoms with van der Waals surface area (Å²) >= 11 is 0. The summed E-state index contributed by atoms with van der Waals surface area (Å²) in [4.78, 5) is 33.7. The summed E-state index contributed by atoms with van der Waals surface area (Å²) in [7, 11) is 0. The molecule has 0 aliphatic carbocycles. The van der Waals surface area contributed by atoms with E-state index >= 15 is 0 Å². The second-order valence-corrected chi connectivity index (χ2v) is 6.61. The number of aromatic nitrogens is 5. The molecule has 1 amide bonds. The number of hydrogen-bond donors (Lipinski definition) is 2. The third-order valence-corrected chi connectivity index (χ3v) is 5.06. The molecule has 2 N–H and O–H groups in total. The second-order valence-electron chi connectivity index (χ2n) is 6.61. The van der Waals surface area contributed by atoms with E-state index < -0.39 is 5.60 Å². The zero-order chi connectivity index (χ0) is 17.0. The predicted octanol–water partition coefficient (Wildman–Crippen LogP) is 0.263. The van der Waals surface area contributed by atoms with Gasteiger partial charge in [-0.15, -0.1) is 0 Å². The minimum atomic E-state index is -0.519. The van der Waals surface area contributed by atoms with Crippen molar-refractivity contribution in [2.75, 3.05) is 13.1 Å². The van der Waals surface area contributed by atoms with Crippen molar-refractivity contribution in [1.82, 2.24) is 29.6 Å². The fourth-order valence-corrected chi connectivity index (χ4v) is 3.69. The van der Waals surface area contributed by atoms with Crippen LogP contribution in [0.25, 0.3) is 11.0 Å². The lowest BCUT2D eigenvalue weighted by Crippen LogP contribution is -2.47. The number of fused-ring (bicyclic) bond motifs is 2. The van der Waals surface area contributed by atoms with Crippen LogP contribution in [0.15, 0.2) is 29.3 Å². The minimum Gasteiger partial charge on any atom is -0.363 e. The van der Waals surface area contributed by atoms with Gasteiger partial charge in [0.25, 0.3) is 5.91 Å². The molecule has 1 unspecified atom stereocenters. The Morgan fingerprint density at radius 2 is 2.24 bits per heavy atom. The molecule has 1 spiro atoms. The van der Waals surface area contributed by atoms with Crippen LogP contribution in [0.4, 0.5) is 0 Å². The van der Waals surface area contributed by atoms with Crippen molar-refractivity contribution in [3.63, 3.8) is 0 Å². The van der Waals surface area contributed by atoms with E-state index in [1.54, 1.807) is 21.9 Å². The van der Waals surface area contributed by atoms with Gasteiger partial charge in [-0.05, 0) is 24.6 Å². The van der Waals surface area contributed by atoms with Gasteiger partial charge in [-0.2, -0.15) is 5.10 Å². The monoisotopic (exact) mass is 340 g/mol. The van der Waals surface area contributed by atoms with Gasteiger partial charge in [-0.1, -0.05) is 0 Å². The van der Waals surface area contributed by atoms with Crippen molar-refractivity contribution < 1.29 is 9.53 Å². The fourth-order valence-electron chi connectivity index (χ4n) is 3.69. The molecule has 0 saturated carbocycles. The smallest absolute Gasteiger partial charge is 0.343 e. The summed E-state index contributed by atoms with van der Waals surface area (Å²) in [6.07, 6.45) is 2.31. The lowest BCUT2D eigenvalue weighted by molar-refractivity contribution is -0.0816. The number of ether oxygens (including phenoxy) is 1. The summed E-state index contributed by atoms with van der Waals surface area (Å²) in [5.74, 6) is 0.562. The van der Waals surface area contributed by atoms with Crippen LogP contribution in [0.5, 0.6) is 0 Å². The zero-order valence-corrected chi connectivity index (χ0v) is 13.4. The van der Waals surface area contributed by atoms with Gasteiger partial charge in [0.05, 0.1) is 30.5 Å². The van der Waals surface area contributed by atoms with Gasteiger partial charge in [0.1, 0.15) is 12.2 Å². The van der Waals surface area contributed by atoms with Crippen LogP contribution in [0, 0.1) is 0 Å². The first-order valence-corrected chi connectivity index (χ1v) is 8.14. The number of amides is 1. The first-order chi connectivity index (χ1) is 12.1. The van der Waals surface area contributed by atoms with E-state index in [1.807, 2.05) is 12.1 Å². The van der Waals surface area contributed by atoms with Crippen molar-refractivity contribution >= 4 is 16.9 Å². The Labute approximate surface area is 141 Å². The summed E-state index contributed by atoms with van der Waals surface area (Å²) in [6.45, 7) is 1.76. The van der Waals surface area contributed by atoms with E-state index in [0.717, 1.165) is 11.0 Å². The van der Waals surface area contributed by atoms with Crippen LogP contribution in [0.3, 0.4) is 0 Å². The van der Waals surface area contributed by atoms with Gasteiger partial charge in [0, 0.05) is 12.1 Å². The van der Waals surface area contributed by atoms with E-state index in [-0.39, 0.29) is 18.2 Å². The van der Waals surface area contributed by atoms with Crippen LogP contribution in [-0.2, 0) is 17.9 Å². The number of H-pyrrole nitrogens is 2. The highest BCUT2D eigenvalue weighted by atomic mass is 16.5. The molecule has 3 aromatic rings. The van der Waals surface area contributed by atoms with E-state index in [1.165, 1.54) is 0 Å². The summed E-state index contributed by atoms with van der Waals surface area (Å²) < 4.78 is 7.59. The van der Waals surface area contributed by atoms with E-state index in [2.05, 4.69) is 20.2 Å². The quantitative estimate of drug-likeness (QED) is 0.661. The summed E-state index contributed by atoms with van der Waals surface area (Å²) in [5.41, 5.74) is 1.53. The molecule has 2 aliphatic heterocycles. The molecule has 128 valence electrons. The molecule has 0 bridgehead atoms. The van der Waals surface area contributed by atoms with Crippen LogP contribution >= 0.6 is 0 Å². The number of imidazole rings is 1. The number of nitrogens with one attached hydrogen (secondary N) is 2. The molecule has 1 atom stereocenters. The normalized spacial score (nSPS) is 22.6. The number of carbonyl (C=O) groups is 1. The molecule has 4 heterocycles. The Hall–Kier alpha value is -2.94. The Kier molecular flexibility index (Phi) is 2.90. The molecule has 2 aliphatic rings. The fraction of sp³-hybridized carbons (Fsp3) is 0.375. The third kappa shape index (κ3) is 2.19. The average Bonchev–Trinajstić information content (AvgIpc) is 3.34. The van der Waals surface area contributed by atoms with Gasteiger partial charge in [-0.25, -0.2) is 14.9 Å². The van der Waals surface area contributed by atoms with Crippen LogP contribution in [0.1, 0.15) is 22.6 Å². The molecular weight excluding hydrogens is 324 g/mol. The standard InChI is InChI=1S/C16H16N6O3/c23-14(10-1-2-11-12(5-10)18-9-17-11)21-4-3-16(7-21)8-22-13(6-25-16)19-20-15(22)24/h1-2,5,9H,3-4,6-8H2,(H,17,18)(H,20,24). The number of carbonyl (C=O) groups excluding carboxylic acids is 1. The molecule has 25 heavy (non-hydrogen) atoms. The molecule has 9 heteroatoms. The Bertz CT molecular complexity index is 1030. The Morgan fingerprint density at radius 3 is 3.16 bits per heavy atom. The highest BCUT2D eigenvalue weighted by molar-refractivity contribution is 5.97. The first-order valence-electron chi connectivity index (χ1n) is 8.14. The minimum absolute atomic E-state index is 0.0395. The molecule has 2 aromatic heterocycles. The van der Waals surface area contributed by atoms with Gasteiger partial charge in [0.2, 0.25) is 0 Å². The average molecular weight is 340 g/mol. The molecule has 0 radical (unpaired) electrons. The van der Waals surface area contributed by atoms with Crippen molar-refractivity contribution in [2.24, 2.45) is 0 Å². The van der Waals surface area contributed by atoms with Gasteiger partial charge >= 0.3 is 5.69 Å². The topological polar surface area (TPSA) is 109 Å². The Morgan fingerprint density at radius 1 is 1.32 bits per heavy atom. The number of nitrogens with zero attached hydrogens (tertiary/aromatic N) is 4. The molecule has 1 fully saturated rings. The van der Waals surface area contributed by atoms with E-state index in [0.29, 0.717) is 37.4 Å². The molecule has 1 aromatic carbocycles. The number of aromatic amines is 2. The zero-order valence-electron chi connectivity index (χ0n) is 13.4. The molecule has 1 saturated heterocycles. The lowest BCUT2D eigenvalue weighted by atomic mass is 10.0. The maximum Gasteiger partial charge on any atom is 0.343 e. The maximum atomic E-state index is 12.9. The summed E-state index contributed by atoms with van der Waals surface area (Å²) in [5, 5.41) is 6.39. The van der Waals surface area contributed by atoms with E-state index in [4.69, 9.17) is 4.74 Å². The largest absolute Gasteiger partial charge is 0.363 e. The molecule has 5 rings (SSSR count). The number of benzene rings is 1.